The Morgan fingerprint density at radius 1 is 1.22 bits per heavy atom. The number of halogens is 1. The van der Waals surface area contributed by atoms with E-state index in [1.807, 2.05) is 32.0 Å². The van der Waals surface area contributed by atoms with Crippen LogP contribution >= 0.6 is 0 Å². The lowest BCUT2D eigenvalue weighted by molar-refractivity contribution is 0.133. The van der Waals surface area contributed by atoms with Crippen molar-refractivity contribution in [1.82, 2.24) is 5.32 Å². The molecule has 0 unspecified atom stereocenters. The molecule has 0 saturated carbocycles. The van der Waals surface area contributed by atoms with Crippen molar-refractivity contribution in [2.24, 2.45) is 0 Å². The monoisotopic (exact) mass is 368 g/mol. The fourth-order valence-electron chi connectivity index (χ4n) is 2.76. The molecular formula is C21H21FN2O3. The van der Waals surface area contributed by atoms with Crippen molar-refractivity contribution in [2.75, 3.05) is 18.5 Å². The summed E-state index contributed by atoms with van der Waals surface area (Å²) in [5.74, 6) is 6.77. The number of amides is 2. The molecule has 2 amide bonds. The molecule has 0 aromatic heterocycles. The van der Waals surface area contributed by atoms with Gasteiger partial charge >= 0.3 is 6.03 Å². The molecule has 0 fully saturated rings. The zero-order chi connectivity index (χ0) is 19.3. The lowest BCUT2D eigenvalue weighted by Gasteiger charge is -2.17. The van der Waals surface area contributed by atoms with Crippen LogP contribution in [0.25, 0.3) is 0 Å². The van der Waals surface area contributed by atoms with Crippen LogP contribution in [0.2, 0.25) is 0 Å². The number of urea groups is 1. The highest BCUT2D eigenvalue weighted by atomic mass is 19.1. The largest absolute Gasteiger partial charge is 0.483 e. The number of rotatable bonds is 4. The van der Waals surface area contributed by atoms with E-state index in [-0.39, 0.29) is 24.6 Å². The quantitative estimate of drug-likeness (QED) is 0.808. The van der Waals surface area contributed by atoms with Crippen molar-refractivity contribution in [3.63, 3.8) is 0 Å². The summed E-state index contributed by atoms with van der Waals surface area (Å²) in [6, 6.07) is 10.9. The Labute approximate surface area is 157 Å². The number of anilines is 1. The van der Waals surface area contributed by atoms with Crippen LogP contribution in [0, 0.1) is 17.7 Å². The second kappa shape index (κ2) is 8.00. The lowest BCUT2D eigenvalue weighted by atomic mass is 10.0. The molecule has 0 atom stereocenters. The van der Waals surface area contributed by atoms with Gasteiger partial charge in [0.05, 0.1) is 6.54 Å². The van der Waals surface area contributed by atoms with Gasteiger partial charge in [-0.25, -0.2) is 9.18 Å². The first-order valence-electron chi connectivity index (χ1n) is 8.63. The average Bonchev–Trinajstić information content (AvgIpc) is 2.94. The second-order valence-corrected chi connectivity index (χ2v) is 6.74. The Kier molecular flexibility index (Phi) is 5.51. The minimum absolute atomic E-state index is 0.173. The fraction of sp³-hybridized carbons (Fsp3) is 0.286. The number of hydrogen-bond donors (Lipinski definition) is 2. The highest BCUT2D eigenvalue weighted by molar-refractivity contribution is 5.89. The van der Waals surface area contributed by atoms with Gasteiger partial charge in [-0.3, -0.25) is 0 Å². The number of carbonyl (C=O) groups excluding carboxylic acids is 1. The molecule has 0 bridgehead atoms. The van der Waals surface area contributed by atoms with Gasteiger partial charge in [0.2, 0.25) is 0 Å². The zero-order valence-corrected chi connectivity index (χ0v) is 15.3. The van der Waals surface area contributed by atoms with Gasteiger partial charge in [0, 0.05) is 17.7 Å². The van der Waals surface area contributed by atoms with Gasteiger partial charge in [0.15, 0.2) is 11.5 Å². The molecule has 2 N–H and O–H groups in total. The molecule has 0 spiro atoms. The highest BCUT2D eigenvalue weighted by Gasteiger charge is 2.32. The summed E-state index contributed by atoms with van der Waals surface area (Å²) in [5.41, 5.74) is 1.41. The third-order valence-electron chi connectivity index (χ3n) is 3.92. The average molecular weight is 368 g/mol. The molecule has 27 heavy (non-hydrogen) atoms. The van der Waals surface area contributed by atoms with Crippen LogP contribution in [-0.4, -0.2) is 24.8 Å². The van der Waals surface area contributed by atoms with E-state index in [1.54, 1.807) is 0 Å². The maximum atomic E-state index is 12.8. The SMILES string of the molecule is CC1(C)Cc2cccc(OCC#CCNC(=O)Nc3ccc(F)cc3)c2O1. The summed E-state index contributed by atoms with van der Waals surface area (Å²) in [4.78, 5) is 11.7. The number of nitrogens with one attached hydrogen (secondary N) is 2. The molecule has 5 nitrogen and oxygen atoms in total. The third kappa shape index (κ3) is 5.14. The predicted molar refractivity (Wildman–Crippen MR) is 102 cm³/mol. The van der Waals surface area contributed by atoms with Crippen LogP contribution < -0.4 is 20.1 Å². The van der Waals surface area contributed by atoms with Crippen molar-refractivity contribution < 1.29 is 18.7 Å². The van der Waals surface area contributed by atoms with Crippen molar-refractivity contribution in [1.29, 1.82) is 0 Å². The van der Waals surface area contributed by atoms with Crippen LogP contribution in [-0.2, 0) is 6.42 Å². The van der Waals surface area contributed by atoms with Crippen LogP contribution in [0.3, 0.4) is 0 Å². The van der Waals surface area contributed by atoms with E-state index < -0.39 is 6.03 Å². The van der Waals surface area contributed by atoms with E-state index in [0.29, 0.717) is 11.4 Å². The summed E-state index contributed by atoms with van der Waals surface area (Å²) in [5, 5.41) is 5.19. The van der Waals surface area contributed by atoms with E-state index >= 15 is 0 Å². The molecule has 3 rings (SSSR count). The standard InChI is InChI=1S/C21H21FN2O3/c1-21(2)14-15-6-5-7-18(19(15)27-21)26-13-4-3-12-23-20(25)24-17-10-8-16(22)9-11-17/h5-11H,12-14H2,1-2H3,(H2,23,24,25). The molecule has 1 aliphatic heterocycles. The Balaban J connectivity index is 1.42. The van der Waals surface area contributed by atoms with Crippen molar-refractivity contribution in [3.05, 3.63) is 53.8 Å². The van der Waals surface area contributed by atoms with Gasteiger partial charge in [0.25, 0.3) is 0 Å². The predicted octanol–water partition coefficient (Wildman–Crippen LogP) is 3.74. The topological polar surface area (TPSA) is 59.6 Å². The van der Waals surface area contributed by atoms with Crippen LogP contribution in [0.5, 0.6) is 11.5 Å². The Morgan fingerprint density at radius 3 is 2.78 bits per heavy atom. The first-order valence-corrected chi connectivity index (χ1v) is 8.63. The molecule has 1 aliphatic rings. The van der Waals surface area contributed by atoms with E-state index in [1.165, 1.54) is 24.3 Å². The maximum Gasteiger partial charge on any atom is 0.319 e. The highest BCUT2D eigenvalue weighted by Crippen LogP contribution is 2.41. The minimum Gasteiger partial charge on any atom is -0.483 e. The van der Waals surface area contributed by atoms with E-state index in [9.17, 15) is 9.18 Å². The van der Waals surface area contributed by atoms with Crippen LogP contribution in [0.15, 0.2) is 42.5 Å². The number of benzene rings is 2. The summed E-state index contributed by atoms with van der Waals surface area (Å²) in [7, 11) is 0. The van der Waals surface area contributed by atoms with Gasteiger partial charge < -0.3 is 20.1 Å². The third-order valence-corrected chi connectivity index (χ3v) is 3.92. The summed E-state index contributed by atoms with van der Waals surface area (Å²) >= 11 is 0. The van der Waals surface area contributed by atoms with Crippen molar-refractivity contribution >= 4 is 11.7 Å². The van der Waals surface area contributed by atoms with E-state index in [0.717, 1.165) is 17.7 Å². The minimum atomic E-state index is -0.409. The van der Waals surface area contributed by atoms with Gasteiger partial charge in [-0.1, -0.05) is 24.0 Å². The Hall–Kier alpha value is -3.20. The zero-order valence-electron chi connectivity index (χ0n) is 15.3. The van der Waals surface area contributed by atoms with Gasteiger partial charge in [-0.05, 0) is 44.2 Å². The molecule has 1 heterocycles. The number of ether oxygens (including phenoxy) is 2. The maximum absolute atomic E-state index is 12.8. The number of para-hydroxylation sites is 1. The molecule has 140 valence electrons. The van der Waals surface area contributed by atoms with Gasteiger partial charge in [0.1, 0.15) is 18.0 Å². The van der Waals surface area contributed by atoms with Gasteiger partial charge in [-0.15, -0.1) is 0 Å². The summed E-state index contributed by atoms with van der Waals surface area (Å²) < 4.78 is 24.4. The second-order valence-electron chi connectivity index (χ2n) is 6.74. The lowest BCUT2D eigenvalue weighted by Crippen LogP contribution is -2.28. The Bertz CT molecular complexity index is 883. The number of hydrogen-bond acceptors (Lipinski definition) is 3. The fourth-order valence-corrected chi connectivity index (χ4v) is 2.76. The molecule has 0 aliphatic carbocycles. The number of fused-ring (bicyclic) bond motifs is 1. The van der Waals surface area contributed by atoms with Crippen molar-refractivity contribution in [2.45, 2.75) is 25.9 Å². The first-order chi connectivity index (χ1) is 12.9. The van der Waals surface area contributed by atoms with E-state index in [2.05, 4.69) is 22.5 Å². The van der Waals surface area contributed by atoms with Crippen molar-refractivity contribution in [3.8, 4) is 23.3 Å². The smallest absolute Gasteiger partial charge is 0.319 e. The Morgan fingerprint density at radius 2 is 2.00 bits per heavy atom. The molecule has 0 radical (unpaired) electrons. The van der Waals surface area contributed by atoms with Crippen LogP contribution in [0.1, 0.15) is 19.4 Å². The molecule has 2 aromatic rings. The van der Waals surface area contributed by atoms with Gasteiger partial charge in [-0.2, -0.15) is 0 Å². The van der Waals surface area contributed by atoms with Crippen LogP contribution in [0.4, 0.5) is 14.9 Å². The molecular weight excluding hydrogens is 347 g/mol. The normalized spacial score (nSPS) is 13.6. The summed E-state index contributed by atoms with van der Waals surface area (Å²) in [6.07, 6.45) is 0.846. The molecule has 6 heteroatoms. The summed E-state index contributed by atoms with van der Waals surface area (Å²) in [6.45, 7) is 4.45. The van der Waals surface area contributed by atoms with E-state index in [4.69, 9.17) is 9.47 Å². The molecule has 2 aromatic carbocycles. The molecule has 0 saturated heterocycles. The first kappa shape index (κ1) is 18.6. The number of carbonyl (C=O) groups is 1.